The topological polar surface area (TPSA) is 64.3 Å². The lowest BCUT2D eigenvalue weighted by Crippen LogP contribution is -2.40. The molecule has 0 N–H and O–H groups in total. The number of rotatable bonds is 4. The maximum absolute atomic E-state index is 5.89. The van der Waals surface area contributed by atoms with Crippen molar-refractivity contribution in [2.45, 2.75) is 38.9 Å². The lowest BCUT2D eigenvalue weighted by molar-refractivity contribution is -0.0838. The van der Waals surface area contributed by atoms with Gasteiger partial charge in [-0.15, -0.1) is 0 Å². The molecule has 0 radical (unpaired) electrons. The third kappa shape index (κ3) is 3.51. The lowest BCUT2D eigenvalue weighted by Gasteiger charge is -2.32. The summed E-state index contributed by atoms with van der Waals surface area (Å²) in [6, 6.07) is 4.01. The Hall–Kier alpha value is -1.79. The van der Waals surface area contributed by atoms with E-state index in [1.54, 1.807) is 0 Å². The van der Waals surface area contributed by atoms with Crippen molar-refractivity contribution < 1.29 is 9.26 Å². The molecule has 6 nitrogen and oxygen atoms in total. The van der Waals surface area contributed by atoms with Crippen LogP contribution in [0, 0.1) is 6.92 Å². The standard InChI is InChI=1S/C16H22N4O2/c1-11-5-4-8-17-13(11)6-7-15-18-16(22-19-15)14-10-20(3)9-12(2)21-14/h4-5,8,12,14H,6-7,9-10H2,1-3H3/t12-,14-/m1/s1. The van der Waals surface area contributed by atoms with Gasteiger partial charge in [0.1, 0.15) is 6.10 Å². The highest BCUT2D eigenvalue weighted by atomic mass is 16.5. The number of ether oxygens (including phenoxy) is 1. The van der Waals surface area contributed by atoms with Gasteiger partial charge >= 0.3 is 0 Å². The summed E-state index contributed by atoms with van der Waals surface area (Å²) >= 11 is 0. The van der Waals surface area contributed by atoms with Crippen molar-refractivity contribution in [2.75, 3.05) is 20.1 Å². The third-order valence-electron chi connectivity index (χ3n) is 3.91. The van der Waals surface area contributed by atoms with Crippen LogP contribution < -0.4 is 0 Å². The smallest absolute Gasteiger partial charge is 0.257 e. The van der Waals surface area contributed by atoms with E-state index in [0.717, 1.165) is 31.6 Å². The highest BCUT2D eigenvalue weighted by Gasteiger charge is 2.28. The molecule has 0 saturated carbocycles. The van der Waals surface area contributed by atoms with Gasteiger partial charge in [0.25, 0.3) is 5.89 Å². The molecule has 118 valence electrons. The van der Waals surface area contributed by atoms with Crippen LogP contribution in [0.3, 0.4) is 0 Å². The highest BCUT2D eigenvalue weighted by Crippen LogP contribution is 2.23. The monoisotopic (exact) mass is 302 g/mol. The zero-order valence-corrected chi connectivity index (χ0v) is 13.3. The Bertz CT molecular complexity index is 618. The average molecular weight is 302 g/mol. The van der Waals surface area contributed by atoms with Gasteiger partial charge in [0.15, 0.2) is 5.82 Å². The molecular formula is C16H22N4O2. The zero-order chi connectivity index (χ0) is 15.5. The van der Waals surface area contributed by atoms with E-state index in [9.17, 15) is 0 Å². The molecule has 1 aliphatic heterocycles. The van der Waals surface area contributed by atoms with Crippen LogP contribution in [0.1, 0.15) is 36.0 Å². The van der Waals surface area contributed by atoms with Crippen molar-refractivity contribution in [1.29, 1.82) is 0 Å². The van der Waals surface area contributed by atoms with Crippen molar-refractivity contribution in [3.8, 4) is 0 Å². The fourth-order valence-electron chi connectivity index (χ4n) is 2.81. The summed E-state index contributed by atoms with van der Waals surface area (Å²) in [5.74, 6) is 1.29. The maximum atomic E-state index is 5.89. The van der Waals surface area contributed by atoms with E-state index >= 15 is 0 Å². The van der Waals surface area contributed by atoms with Crippen molar-refractivity contribution in [2.24, 2.45) is 0 Å². The molecule has 2 aromatic heterocycles. The van der Waals surface area contributed by atoms with Gasteiger partial charge in [0, 0.05) is 31.4 Å². The van der Waals surface area contributed by atoms with Crippen LogP contribution in [0.15, 0.2) is 22.9 Å². The number of morpholine rings is 1. The Morgan fingerprint density at radius 1 is 1.32 bits per heavy atom. The number of likely N-dealkylation sites (N-methyl/N-ethyl adjacent to an activating group) is 1. The molecule has 3 heterocycles. The minimum Gasteiger partial charge on any atom is -0.363 e. The Balaban J connectivity index is 1.63. The van der Waals surface area contributed by atoms with Gasteiger partial charge in [-0.05, 0) is 38.9 Å². The highest BCUT2D eigenvalue weighted by molar-refractivity contribution is 5.18. The number of hydrogen-bond acceptors (Lipinski definition) is 6. The van der Waals surface area contributed by atoms with Gasteiger partial charge in [0.05, 0.1) is 6.10 Å². The molecule has 0 aliphatic carbocycles. The summed E-state index contributed by atoms with van der Waals surface area (Å²) in [6.45, 7) is 5.84. The van der Waals surface area contributed by atoms with Crippen LogP contribution in [-0.4, -0.2) is 46.3 Å². The number of aryl methyl sites for hydroxylation is 3. The first-order chi connectivity index (χ1) is 10.6. The first-order valence-electron chi connectivity index (χ1n) is 7.69. The fraction of sp³-hybridized carbons (Fsp3) is 0.562. The van der Waals surface area contributed by atoms with Gasteiger partial charge in [-0.1, -0.05) is 11.2 Å². The summed E-state index contributed by atoms with van der Waals surface area (Å²) in [5.41, 5.74) is 2.27. The number of hydrogen-bond donors (Lipinski definition) is 0. The molecule has 1 aliphatic rings. The van der Waals surface area contributed by atoms with Gasteiger partial charge in [-0.2, -0.15) is 4.98 Å². The number of aromatic nitrogens is 3. The van der Waals surface area contributed by atoms with E-state index in [2.05, 4.69) is 47.0 Å². The van der Waals surface area contributed by atoms with Crippen LogP contribution in [-0.2, 0) is 17.6 Å². The van der Waals surface area contributed by atoms with Gasteiger partial charge in [-0.25, -0.2) is 0 Å². The largest absolute Gasteiger partial charge is 0.363 e. The molecule has 0 aromatic carbocycles. The van der Waals surface area contributed by atoms with Crippen molar-refractivity contribution in [3.63, 3.8) is 0 Å². The zero-order valence-electron chi connectivity index (χ0n) is 13.3. The minimum atomic E-state index is -0.133. The Labute approximate surface area is 130 Å². The van der Waals surface area contributed by atoms with Crippen LogP contribution in [0.5, 0.6) is 0 Å². The van der Waals surface area contributed by atoms with Crippen LogP contribution in [0.2, 0.25) is 0 Å². The van der Waals surface area contributed by atoms with Crippen molar-refractivity contribution in [1.82, 2.24) is 20.0 Å². The summed E-state index contributed by atoms with van der Waals surface area (Å²) in [6.07, 6.45) is 3.39. The fourth-order valence-corrected chi connectivity index (χ4v) is 2.81. The van der Waals surface area contributed by atoms with Crippen LogP contribution >= 0.6 is 0 Å². The first kappa shape index (κ1) is 15.1. The predicted molar refractivity (Wildman–Crippen MR) is 81.5 cm³/mol. The predicted octanol–water partition coefficient (Wildman–Crippen LogP) is 1.95. The molecule has 2 atom stereocenters. The molecule has 0 bridgehead atoms. The van der Waals surface area contributed by atoms with E-state index in [4.69, 9.17) is 9.26 Å². The Morgan fingerprint density at radius 3 is 2.95 bits per heavy atom. The third-order valence-corrected chi connectivity index (χ3v) is 3.91. The van der Waals surface area contributed by atoms with E-state index in [-0.39, 0.29) is 12.2 Å². The number of pyridine rings is 1. The second-order valence-electron chi connectivity index (χ2n) is 5.97. The lowest BCUT2D eigenvalue weighted by atomic mass is 10.1. The van der Waals surface area contributed by atoms with Crippen LogP contribution in [0.25, 0.3) is 0 Å². The average Bonchev–Trinajstić information content (AvgIpc) is 2.94. The van der Waals surface area contributed by atoms with Crippen LogP contribution in [0.4, 0.5) is 0 Å². The van der Waals surface area contributed by atoms with Gasteiger partial charge in [0.2, 0.25) is 0 Å². The summed E-state index contributed by atoms with van der Waals surface area (Å²) in [4.78, 5) is 11.1. The van der Waals surface area contributed by atoms with Gasteiger partial charge in [-0.3, -0.25) is 4.98 Å². The van der Waals surface area contributed by atoms with E-state index in [1.807, 2.05) is 12.3 Å². The summed E-state index contributed by atoms with van der Waals surface area (Å²) < 4.78 is 11.3. The summed E-state index contributed by atoms with van der Waals surface area (Å²) in [5, 5.41) is 4.07. The molecule has 22 heavy (non-hydrogen) atoms. The summed E-state index contributed by atoms with van der Waals surface area (Å²) in [7, 11) is 2.08. The van der Waals surface area contributed by atoms with Crippen molar-refractivity contribution >= 4 is 0 Å². The molecule has 3 rings (SSSR count). The first-order valence-corrected chi connectivity index (χ1v) is 7.69. The van der Waals surface area contributed by atoms with Crippen molar-refractivity contribution in [3.05, 3.63) is 41.3 Å². The second-order valence-corrected chi connectivity index (χ2v) is 5.97. The molecule has 1 saturated heterocycles. The number of nitrogens with zero attached hydrogens (tertiary/aromatic N) is 4. The van der Waals surface area contributed by atoms with E-state index in [1.165, 1.54) is 5.56 Å². The van der Waals surface area contributed by atoms with E-state index < -0.39 is 0 Å². The molecular weight excluding hydrogens is 280 g/mol. The molecule has 0 unspecified atom stereocenters. The Kier molecular flexibility index (Phi) is 4.49. The maximum Gasteiger partial charge on any atom is 0.257 e. The molecule has 6 heteroatoms. The SMILES string of the molecule is Cc1cccnc1CCc1noc([C@H]2CN(C)C[C@@H](C)O2)n1. The molecule has 1 fully saturated rings. The molecule has 0 spiro atoms. The normalized spacial score (nSPS) is 22.9. The molecule has 0 amide bonds. The Morgan fingerprint density at radius 2 is 2.18 bits per heavy atom. The minimum absolute atomic E-state index is 0.133. The quantitative estimate of drug-likeness (QED) is 0.860. The molecule has 2 aromatic rings. The second kappa shape index (κ2) is 6.54. The van der Waals surface area contributed by atoms with Gasteiger partial charge < -0.3 is 14.2 Å². The van der Waals surface area contributed by atoms with E-state index in [0.29, 0.717) is 11.7 Å².